The van der Waals surface area contributed by atoms with E-state index in [9.17, 15) is 4.79 Å². The molecule has 3 heterocycles. The SMILES string of the molecule is CCc1ccc2[nH]c(=O)c([C@H](c3nnnn3Cc3ccccc3)N3CCN(Cc4ccc(OC)cc4)CC3)cc2c1. The van der Waals surface area contributed by atoms with Crippen molar-refractivity contribution in [1.82, 2.24) is 35.0 Å². The number of nitrogens with one attached hydrogen (secondary N) is 1. The van der Waals surface area contributed by atoms with Crippen molar-refractivity contribution in [3.8, 4) is 5.75 Å². The average molecular weight is 550 g/mol. The highest BCUT2D eigenvalue weighted by Crippen LogP contribution is 2.29. The van der Waals surface area contributed by atoms with Crippen LogP contribution in [0.5, 0.6) is 5.75 Å². The molecule has 1 N–H and O–H groups in total. The molecule has 5 aromatic rings. The number of tetrazole rings is 1. The van der Waals surface area contributed by atoms with Gasteiger partial charge in [-0.2, -0.15) is 0 Å². The van der Waals surface area contributed by atoms with Crippen LogP contribution in [0.3, 0.4) is 0 Å². The molecular formula is C32H35N7O2. The largest absolute Gasteiger partial charge is 0.497 e. The number of rotatable bonds is 9. The summed E-state index contributed by atoms with van der Waals surface area (Å²) in [5.41, 5.74) is 4.97. The first-order valence-electron chi connectivity index (χ1n) is 14.2. The van der Waals surface area contributed by atoms with Crippen molar-refractivity contribution in [3.63, 3.8) is 0 Å². The number of pyridine rings is 1. The highest BCUT2D eigenvalue weighted by Gasteiger charge is 2.32. The summed E-state index contributed by atoms with van der Waals surface area (Å²) in [5, 5.41) is 13.9. The summed E-state index contributed by atoms with van der Waals surface area (Å²) in [5.74, 6) is 1.54. The second kappa shape index (κ2) is 12.0. The number of fused-ring (bicyclic) bond motifs is 1. The molecule has 9 heteroatoms. The number of benzene rings is 3. The van der Waals surface area contributed by atoms with Gasteiger partial charge in [0, 0.05) is 43.8 Å². The van der Waals surface area contributed by atoms with Gasteiger partial charge in [-0.1, -0.05) is 55.5 Å². The van der Waals surface area contributed by atoms with Gasteiger partial charge in [0.2, 0.25) is 0 Å². The quantitative estimate of drug-likeness (QED) is 0.297. The van der Waals surface area contributed by atoms with Crippen LogP contribution in [0.25, 0.3) is 10.9 Å². The lowest BCUT2D eigenvalue weighted by Crippen LogP contribution is -2.48. The van der Waals surface area contributed by atoms with Gasteiger partial charge in [0.05, 0.1) is 13.7 Å². The van der Waals surface area contributed by atoms with Gasteiger partial charge in [-0.25, -0.2) is 4.68 Å². The van der Waals surface area contributed by atoms with Gasteiger partial charge in [0.15, 0.2) is 5.82 Å². The Morgan fingerprint density at radius 2 is 1.61 bits per heavy atom. The van der Waals surface area contributed by atoms with Gasteiger partial charge in [-0.3, -0.25) is 14.6 Å². The summed E-state index contributed by atoms with van der Waals surface area (Å²) in [6.45, 7) is 6.84. The number of aryl methyl sites for hydroxylation is 1. The highest BCUT2D eigenvalue weighted by molar-refractivity contribution is 5.80. The fraction of sp³-hybridized carbons (Fsp3) is 0.312. The molecule has 2 aromatic heterocycles. The number of piperazine rings is 1. The van der Waals surface area contributed by atoms with Crippen molar-refractivity contribution in [1.29, 1.82) is 0 Å². The highest BCUT2D eigenvalue weighted by atomic mass is 16.5. The molecule has 0 unspecified atom stereocenters. The monoisotopic (exact) mass is 549 g/mol. The van der Waals surface area contributed by atoms with Crippen LogP contribution in [-0.4, -0.2) is 68.3 Å². The molecule has 1 aliphatic heterocycles. The molecule has 3 aromatic carbocycles. The van der Waals surface area contributed by atoms with E-state index < -0.39 is 0 Å². The standard InChI is InChI=1S/C32H35N7O2/c1-3-23-11-14-29-26(19-23)20-28(32(40)33-29)30(31-34-35-36-39(31)22-24-7-5-4-6-8-24)38-17-15-37(16-18-38)21-25-9-12-27(41-2)13-10-25/h4-14,19-20,30H,3,15-18,21-22H2,1-2H3,(H,33,40)/t30-/m1/s1. The average Bonchev–Trinajstić information content (AvgIpc) is 3.46. The number of aromatic amines is 1. The minimum atomic E-state index is -0.379. The third-order valence-electron chi connectivity index (χ3n) is 7.96. The van der Waals surface area contributed by atoms with Crippen LogP contribution in [0.1, 0.15) is 41.0 Å². The number of hydrogen-bond acceptors (Lipinski definition) is 7. The fourth-order valence-corrected chi connectivity index (χ4v) is 5.64. The molecule has 0 saturated carbocycles. The third kappa shape index (κ3) is 5.91. The van der Waals surface area contributed by atoms with Crippen molar-refractivity contribution in [2.24, 2.45) is 0 Å². The Bertz CT molecular complexity index is 1660. The van der Waals surface area contributed by atoms with E-state index in [0.29, 0.717) is 17.9 Å². The van der Waals surface area contributed by atoms with E-state index in [0.717, 1.165) is 61.4 Å². The maximum Gasteiger partial charge on any atom is 0.253 e. The van der Waals surface area contributed by atoms with Crippen molar-refractivity contribution >= 4 is 10.9 Å². The van der Waals surface area contributed by atoms with E-state index in [-0.39, 0.29) is 11.6 Å². The first-order chi connectivity index (χ1) is 20.1. The fourth-order valence-electron chi connectivity index (χ4n) is 5.64. The predicted octanol–water partition coefficient (Wildman–Crippen LogP) is 4.04. The van der Waals surface area contributed by atoms with Crippen LogP contribution >= 0.6 is 0 Å². The van der Waals surface area contributed by atoms with E-state index >= 15 is 0 Å². The number of hydrogen-bond donors (Lipinski definition) is 1. The molecule has 1 saturated heterocycles. The number of aromatic nitrogens is 5. The topological polar surface area (TPSA) is 92.2 Å². The Labute approximate surface area is 239 Å². The summed E-state index contributed by atoms with van der Waals surface area (Å²) in [6.07, 6.45) is 0.930. The van der Waals surface area contributed by atoms with Gasteiger partial charge in [-0.05, 0) is 69.3 Å². The Morgan fingerprint density at radius 1 is 0.878 bits per heavy atom. The van der Waals surface area contributed by atoms with Gasteiger partial charge < -0.3 is 9.72 Å². The van der Waals surface area contributed by atoms with Gasteiger partial charge in [0.1, 0.15) is 11.8 Å². The van der Waals surface area contributed by atoms with E-state index in [2.05, 4.69) is 73.6 Å². The van der Waals surface area contributed by atoms with Crippen LogP contribution in [-0.2, 0) is 19.5 Å². The van der Waals surface area contributed by atoms with Crippen LogP contribution in [0.4, 0.5) is 0 Å². The molecule has 0 spiro atoms. The Hall–Kier alpha value is -4.34. The van der Waals surface area contributed by atoms with E-state index in [1.807, 2.05) is 47.1 Å². The predicted molar refractivity (Wildman–Crippen MR) is 159 cm³/mol. The van der Waals surface area contributed by atoms with Gasteiger partial charge in [-0.15, -0.1) is 5.10 Å². The molecule has 1 atom stereocenters. The second-order valence-corrected chi connectivity index (χ2v) is 10.6. The first-order valence-corrected chi connectivity index (χ1v) is 14.2. The molecule has 1 aliphatic rings. The Morgan fingerprint density at radius 3 is 2.34 bits per heavy atom. The van der Waals surface area contributed by atoms with Crippen LogP contribution in [0.15, 0.2) is 83.7 Å². The molecule has 0 amide bonds. The minimum Gasteiger partial charge on any atom is -0.497 e. The zero-order chi connectivity index (χ0) is 28.2. The molecule has 9 nitrogen and oxygen atoms in total. The lowest BCUT2D eigenvalue weighted by Gasteiger charge is -2.38. The second-order valence-electron chi connectivity index (χ2n) is 10.6. The minimum absolute atomic E-state index is 0.110. The molecule has 0 radical (unpaired) electrons. The summed E-state index contributed by atoms with van der Waals surface area (Å²) >= 11 is 0. The van der Waals surface area contributed by atoms with E-state index in [1.165, 1.54) is 11.1 Å². The molecule has 1 fully saturated rings. The smallest absolute Gasteiger partial charge is 0.253 e. The number of nitrogens with zero attached hydrogens (tertiary/aromatic N) is 6. The maximum atomic E-state index is 13.6. The van der Waals surface area contributed by atoms with Crippen LogP contribution < -0.4 is 10.3 Å². The van der Waals surface area contributed by atoms with E-state index in [4.69, 9.17) is 4.74 Å². The third-order valence-corrected chi connectivity index (χ3v) is 7.96. The van der Waals surface area contributed by atoms with Crippen molar-refractivity contribution in [2.75, 3.05) is 33.3 Å². The van der Waals surface area contributed by atoms with Gasteiger partial charge in [0.25, 0.3) is 5.56 Å². The molecule has 0 aliphatic carbocycles. The first kappa shape index (κ1) is 26.9. The van der Waals surface area contributed by atoms with Crippen LogP contribution in [0, 0.1) is 0 Å². The zero-order valence-corrected chi connectivity index (χ0v) is 23.5. The van der Waals surface area contributed by atoms with Crippen molar-refractivity contribution in [2.45, 2.75) is 32.5 Å². The molecule has 210 valence electrons. The number of methoxy groups -OCH3 is 1. The summed E-state index contributed by atoms with van der Waals surface area (Å²) in [7, 11) is 1.68. The number of H-pyrrole nitrogens is 1. The Balaban J connectivity index is 1.32. The molecule has 0 bridgehead atoms. The Kier molecular flexibility index (Phi) is 7.89. The lowest BCUT2D eigenvalue weighted by atomic mass is 10.0. The summed E-state index contributed by atoms with van der Waals surface area (Å²) in [4.78, 5) is 21.5. The molecule has 41 heavy (non-hydrogen) atoms. The van der Waals surface area contributed by atoms with Crippen molar-refractivity contribution in [3.05, 3.63) is 117 Å². The van der Waals surface area contributed by atoms with Crippen LogP contribution in [0.2, 0.25) is 0 Å². The van der Waals surface area contributed by atoms with E-state index in [1.54, 1.807) is 7.11 Å². The van der Waals surface area contributed by atoms with Gasteiger partial charge >= 0.3 is 0 Å². The van der Waals surface area contributed by atoms with Crippen molar-refractivity contribution < 1.29 is 4.74 Å². The molecule has 6 rings (SSSR count). The zero-order valence-electron chi connectivity index (χ0n) is 23.5. The number of ether oxygens (including phenoxy) is 1. The molecular weight excluding hydrogens is 514 g/mol. The summed E-state index contributed by atoms with van der Waals surface area (Å²) < 4.78 is 7.14. The maximum absolute atomic E-state index is 13.6. The lowest BCUT2D eigenvalue weighted by molar-refractivity contribution is 0.0998. The summed E-state index contributed by atoms with van der Waals surface area (Å²) in [6, 6.07) is 26.3. The normalized spacial score (nSPS) is 15.3.